The second kappa shape index (κ2) is 4.73. The molecule has 0 unspecified atom stereocenters. The van der Waals surface area contributed by atoms with E-state index in [4.69, 9.17) is 0 Å². The fraction of sp³-hybridized carbons (Fsp3) is 0. The van der Waals surface area contributed by atoms with Gasteiger partial charge in [-0.15, -0.1) is 47.9 Å². The number of rotatable bonds is 1. The summed E-state index contributed by atoms with van der Waals surface area (Å²) in [5.74, 6) is 0. The number of nitrogens with zero attached hydrogens (tertiary/aromatic N) is 2. The van der Waals surface area contributed by atoms with Crippen molar-refractivity contribution in [3.63, 3.8) is 0 Å². The summed E-state index contributed by atoms with van der Waals surface area (Å²) in [5.41, 5.74) is 4.32. The Morgan fingerprint density at radius 3 is 2.20 bits per heavy atom. The zero-order valence-corrected chi connectivity index (χ0v) is 13.5. The van der Waals surface area contributed by atoms with Gasteiger partial charge in [-0.3, -0.25) is 0 Å². The monoisotopic (exact) mass is 332 g/mol. The Morgan fingerprint density at radius 1 is 0.700 bits per heavy atom. The minimum Gasteiger partial charge on any atom is -0.230 e. The van der Waals surface area contributed by atoms with Gasteiger partial charge in [0.2, 0.25) is 0 Å². The maximum absolute atomic E-state index is 4.43. The van der Waals surface area contributed by atoms with Crippen LogP contribution in [-0.4, -0.2) is 9.97 Å². The highest BCUT2D eigenvalue weighted by atomic mass is 32.2. The van der Waals surface area contributed by atoms with E-state index >= 15 is 0 Å². The molecule has 0 radical (unpaired) electrons. The highest BCUT2D eigenvalue weighted by molar-refractivity contribution is 7.83. The Morgan fingerprint density at radius 2 is 1.35 bits per heavy atom. The van der Waals surface area contributed by atoms with Crippen molar-refractivity contribution in [2.75, 3.05) is 0 Å². The molecule has 2 heterocycles. The molecule has 0 saturated heterocycles. The van der Waals surface area contributed by atoms with Gasteiger partial charge in [0.15, 0.2) is 0 Å². The molecule has 6 heteroatoms. The summed E-state index contributed by atoms with van der Waals surface area (Å²) in [6.07, 6.45) is 0. The molecule has 4 aromatic rings. The first-order valence-electron chi connectivity index (χ1n) is 5.88. The molecule has 0 N–H and O–H groups in total. The van der Waals surface area contributed by atoms with E-state index in [2.05, 4.69) is 65.6 Å². The number of fused-ring (bicyclic) bond motifs is 2. The van der Waals surface area contributed by atoms with Crippen LogP contribution in [0.5, 0.6) is 0 Å². The molecule has 0 atom stereocenters. The number of thiol groups is 2. The van der Waals surface area contributed by atoms with Gasteiger partial charge in [0.1, 0.15) is 8.68 Å². The highest BCUT2D eigenvalue weighted by Crippen LogP contribution is 2.32. The van der Waals surface area contributed by atoms with Crippen molar-refractivity contribution >= 4 is 68.4 Å². The zero-order valence-electron chi connectivity index (χ0n) is 10.1. The maximum atomic E-state index is 4.43. The molecule has 20 heavy (non-hydrogen) atoms. The third kappa shape index (κ3) is 2.13. The summed E-state index contributed by atoms with van der Waals surface area (Å²) >= 11 is 11.8. The van der Waals surface area contributed by atoms with Crippen molar-refractivity contribution in [3.8, 4) is 11.1 Å². The van der Waals surface area contributed by atoms with Crippen molar-refractivity contribution in [3.05, 3.63) is 36.4 Å². The molecular formula is C14H8N2S4. The third-order valence-corrected chi connectivity index (χ3v) is 5.49. The van der Waals surface area contributed by atoms with E-state index in [9.17, 15) is 0 Å². The molecular weight excluding hydrogens is 324 g/mol. The number of hydrogen-bond donors (Lipinski definition) is 2. The number of thiazole rings is 2. The normalized spacial score (nSPS) is 11.5. The van der Waals surface area contributed by atoms with Crippen LogP contribution >= 0.6 is 47.9 Å². The van der Waals surface area contributed by atoms with Crippen LogP contribution in [-0.2, 0) is 0 Å². The first-order valence-corrected chi connectivity index (χ1v) is 8.41. The standard InChI is InChI=1S/C14H8N2S4/c17-13-15-9-3-1-8(6-12(9)20-13)7-2-4-11-10(5-7)16-14(18)19-11/h1-6H,(H,15,17)(H,16,18). The molecule has 0 bridgehead atoms. The molecule has 0 aliphatic carbocycles. The second-order valence-electron chi connectivity index (χ2n) is 4.36. The van der Waals surface area contributed by atoms with Crippen molar-refractivity contribution < 1.29 is 0 Å². The Balaban J connectivity index is 1.90. The smallest absolute Gasteiger partial charge is 0.148 e. The van der Waals surface area contributed by atoms with Crippen LogP contribution in [0.3, 0.4) is 0 Å². The molecule has 0 saturated carbocycles. The summed E-state index contributed by atoms with van der Waals surface area (Å²) in [6.45, 7) is 0. The van der Waals surface area contributed by atoms with Crippen molar-refractivity contribution in [2.45, 2.75) is 8.68 Å². The van der Waals surface area contributed by atoms with Crippen LogP contribution in [0.15, 0.2) is 45.1 Å². The zero-order chi connectivity index (χ0) is 13.7. The van der Waals surface area contributed by atoms with E-state index in [0.717, 1.165) is 34.7 Å². The van der Waals surface area contributed by atoms with Crippen LogP contribution in [0.1, 0.15) is 0 Å². The van der Waals surface area contributed by atoms with Gasteiger partial charge in [-0.05, 0) is 35.4 Å². The van der Waals surface area contributed by atoms with E-state index < -0.39 is 0 Å². The summed E-state index contributed by atoms with van der Waals surface area (Å²) in [5, 5.41) is 0. The molecule has 2 aromatic heterocycles. The molecule has 98 valence electrons. The number of benzene rings is 2. The first kappa shape index (κ1) is 12.6. The second-order valence-corrected chi connectivity index (χ2v) is 7.87. The van der Waals surface area contributed by atoms with Gasteiger partial charge < -0.3 is 0 Å². The lowest BCUT2D eigenvalue weighted by Gasteiger charge is -2.01. The molecule has 2 nitrogen and oxygen atoms in total. The topological polar surface area (TPSA) is 25.8 Å². The summed E-state index contributed by atoms with van der Waals surface area (Å²) < 4.78 is 3.91. The van der Waals surface area contributed by atoms with Crippen molar-refractivity contribution in [1.82, 2.24) is 9.97 Å². The predicted octanol–water partition coefficient (Wildman–Crippen LogP) is 5.15. The summed E-state index contributed by atoms with van der Waals surface area (Å²) in [7, 11) is 0. The molecule has 0 aliphatic heterocycles. The van der Waals surface area contributed by atoms with Crippen LogP contribution in [0.4, 0.5) is 0 Å². The Bertz CT molecular complexity index is 861. The van der Waals surface area contributed by atoms with Crippen molar-refractivity contribution in [2.24, 2.45) is 0 Å². The molecule has 0 fully saturated rings. The lowest BCUT2D eigenvalue weighted by atomic mass is 10.1. The summed E-state index contributed by atoms with van der Waals surface area (Å²) in [6, 6.07) is 12.6. The molecule has 0 aliphatic rings. The highest BCUT2D eigenvalue weighted by Gasteiger charge is 2.06. The lowest BCUT2D eigenvalue weighted by Crippen LogP contribution is -1.78. The Labute approximate surface area is 134 Å². The van der Waals surface area contributed by atoms with E-state index in [-0.39, 0.29) is 0 Å². The van der Waals surface area contributed by atoms with Crippen LogP contribution < -0.4 is 0 Å². The van der Waals surface area contributed by atoms with Gasteiger partial charge >= 0.3 is 0 Å². The van der Waals surface area contributed by atoms with Crippen molar-refractivity contribution in [1.29, 1.82) is 0 Å². The van der Waals surface area contributed by atoms with Gasteiger partial charge in [-0.25, -0.2) is 9.97 Å². The Hall–Kier alpha value is -1.08. The fourth-order valence-corrected chi connectivity index (χ4v) is 4.42. The van der Waals surface area contributed by atoms with Gasteiger partial charge in [0.05, 0.1) is 20.4 Å². The molecule has 4 rings (SSSR count). The van der Waals surface area contributed by atoms with Gasteiger partial charge in [-0.2, -0.15) is 0 Å². The molecule has 0 amide bonds. The largest absolute Gasteiger partial charge is 0.230 e. The fourth-order valence-electron chi connectivity index (χ4n) is 2.19. The van der Waals surface area contributed by atoms with Gasteiger partial charge in [0.25, 0.3) is 0 Å². The third-order valence-electron chi connectivity index (χ3n) is 3.09. The van der Waals surface area contributed by atoms with Crippen LogP contribution in [0, 0.1) is 0 Å². The lowest BCUT2D eigenvalue weighted by molar-refractivity contribution is 1.31. The average molecular weight is 333 g/mol. The quantitative estimate of drug-likeness (QED) is 0.471. The summed E-state index contributed by atoms with van der Waals surface area (Å²) in [4.78, 5) is 8.79. The average Bonchev–Trinajstić information content (AvgIpc) is 2.97. The van der Waals surface area contributed by atoms with Crippen LogP contribution in [0.2, 0.25) is 0 Å². The van der Waals surface area contributed by atoms with Gasteiger partial charge in [0, 0.05) is 0 Å². The van der Waals surface area contributed by atoms with Crippen LogP contribution in [0.25, 0.3) is 31.6 Å². The van der Waals surface area contributed by atoms with E-state index in [1.807, 2.05) is 6.07 Å². The minimum atomic E-state index is 0.798. The number of aromatic nitrogens is 2. The van der Waals surface area contributed by atoms with E-state index in [1.165, 1.54) is 5.56 Å². The molecule has 2 aromatic carbocycles. The first-order chi connectivity index (χ1) is 9.69. The Kier molecular flexibility index (Phi) is 2.99. The van der Waals surface area contributed by atoms with E-state index in [1.54, 1.807) is 22.7 Å². The van der Waals surface area contributed by atoms with E-state index in [0.29, 0.717) is 0 Å². The molecule has 0 spiro atoms. The van der Waals surface area contributed by atoms with Gasteiger partial charge in [-0.1, -0.05) is 12.1 Å². The minimum absolute atomic E-state index is 0.798. The SMILES string of the molecule is Sc1nc2cc(-c3ccc4nc(S)sc4c3)ccc2s1. The number of hydrogen-bond acceptors (Lipinski definition) is 6. The predicted molar refractivity (Wildman–Crippen MR) is 92.7 cm³/mol. The maximum Gasteiger partial charge on any atom is 0.148 e.